The van der Waals surface area contributed by atoms with E-state index in [1.807, 2.05) is 19.1 Å². The van der Waals surface area contributed by atoms with Gasteiger partial charge in [-0.2, -0.15) is 0 Å². The molecule has 2 rings (SSSR count). The maximum Gasteiger partial charge on any atom is 0.251 e. The van der Waals surface area contributed by atoms with E-state index in [9.17, 15) is 9.90 Å². The van der Waals surface area contributed by atoms with E-state index < -0.39 is 10.3 Å². The smallest absolute Gasteiger partial charge is 0.251 e. The van der Waals surface area contributed by atoms with Crippen LogP contribution in [0.5, 0.6) is 5.75 Å². The first-order valence-electron chi connectivity index (χ1n) is 7.69. The van der Waals surface area contributed by atoms with Gasteiger partial charge in [0.25, 0.3) is 10.3 Å². The lowest BCUT2D eigenvalue weighted by Gasteiger charge is -2.03. The molecule has 2 aromatic carbocycles. The van der Waals surface area contributed by atoms with Gasteiger partial charge < -0.3 is 31.5 Å². The summed E-state index contributed by atoms with van der Waals surface area (Å²) in [5, 5.41) is 24.1. The fraction of sp³-hybridized carbons (Fsp3) is 0.150. The highest BCUT2D eigenvalue weighted by Gasteiger charge is 2.06. The standard InChI is InChI=1S/C17H16O3.2CH3NOS.CH4/c1-12-4-3-5-14(10-12)17(19)11-16(18)13-6-8-15(20-2)9-7-13;2*2-1(3)4;/h3-11,18H,1-2H3;2*(H3,2,3,4);1H4. The molecule has 0 fully saturated rings. The monoisotopic (exact) mass is 438 g/mol. The van der Waals surface area contributed by atoms with Crippen molar-refractivity contribution in [3.8, 4) is 5.75 Å². The molecule has 0 saturated carbocycles. The fourth-order valence-corrected chi connectivity index (χ4v) is 1.85. The van der Waals surface area contributed by atoms with Crippen molar-refractivity contribution in [2.24, 2.45) is 11.5 Å². The van der Waals surface area contributed by atoms with Crippen LogP contribution in [0, 0.1) is 6.92 Å². The lowest BCUT2D eigenvalue weighted by atomic mass is 10.1. The number of benzene rings is 2. The lowest BCUT2D eigenvalue weighted by Crippen LogP contribution is -2.03. The van der Waals surface area contributed by atoms with Crippen molar-refractivity contribution in [2.75, 3.05) is 7.11 Å². The van der Waals surface area contributed by atoms with Gasteiger partial charge in [-0.3, -0.25) is 4.79 Å². The fourth-order valence-electron chi connectivity index (χ4n) is 1.85. The first-order valence-corrected chi connectivity index (χ1v) is 8.51. The molecule has 0 aromatic heterocycles. The van der Waals surface area contributed by atoms with Gasteiger partial charge in [-0.15, -0.1) is 0 Å². The van der Waals surface area contributed by atoms with Crippen LogP contribution in [0.3, 0.4) is 0 Å². The number of allylic oxidation sites excluding steroid dienone is 1. The summed E-state index contributed by atoms with van der Waals surface area (Å²) < 4.78 is 5.04. The van der Waals surface area contributed by atoms with Crippen molar-refractivity contribution in [3.05, 3.63) is 71.3 Å². The third kappa shape index (κ3) is 13.6. The first-order chi connectivity index (χ1) is 13.1. The minimum Gasteiger partial charge on any atom is -0.507 e. The van der Waals surface area contributed by atoms with Gasteiger partial charge in [0.1, 0.15) is 11.5 Å². The highest BCUT2D eigenvalue weighted by Crippen LogP contribution is 2.17. The molecule has 0 saturated heterocycles. The van der Waals surface area contributed by atoms with Crippen molar-refractivity contribution in [1.29, 1.82) is 0 Å². The van der Waals surface area contributed by atoms with Gasteiger partial charge in [0.05, 0.1) is 7.11 Å². The minimum absolute atomic E-state index is 0. The summed E-state index contributed by atoms with van der Waals surface area (Å²) in [6.07, 6.45) is 1.23. The summed E-state index contributed by atoms with van der Waals surface area (Å²) in [5.41, 5.74) is 10.9. The molecule has 0 aliphatic rings. The van der Waals surface area contributed by atoms with E-state index in [4.69, 9.17) is 14.9 Å². The molecule has 0 unspecified atom stereocenters. The second kappa shape index (κ2) is 14.8. The van der Waals surface area contributed by atoms with Crippen LogP contribution < -0.4 is 16.2 Å². The largest absolute Gasteiger partial charge is 0.507 e. The number of nitrogens with two attached hydrogens (primary N) is 2. The number of ketones is 1. The molecular formula is C20H26N2O5S2. The molecule has 0 heterocycles. The number of hydrogen-bond acceptors (Lipinski definition) is 5. The molecule has 0 bridgehead atoms. The van der Waals surface area contributed by atoms with Gasteiger partial charge in [0.15, 0.2) is 5.78 Å². The van der Waals surface area contributed by atoms with Gasteiger partial charge in [-0.1, -0.05) is 31.2 Å². The average molecular weight is 439 g/mol. The Balaban J connectivity index is 0. The highest BCUT2D eigenvalue weighted by molar-refractivity contribution is 7.80. The molecular weight excluding hydrogens is 412 g/mol. The molecule has 7 N–H and O–H groups in total. The number of aliphatic hydroxyl groups excluding tert-OH is 3. The Hall–Kier alpha value is -3.17. The Morgan fingerprint density at radius 1 is 0.966 bits per heavy atom. The van der Waals surface area contributed by atoms with E-state index >= 15 is 0 Å². The van der Waals surface area contributed by atoms with Gasteiger partial charge in [0.2, 0.25) is 0 Å². The molecule has 0 radical (unpaired) electrons. The van der Waals surface area contributed by atoms with E-state index in [1.165, 1.54) is 6.08 Å². The molecule has 0 atom stereocenters. The Labute approximate surface area is 181 Å². The van der Waals surface area contributed by atoms with Crippen LogP contribution >= 0.6 is 24.4 Å². The quantitative estimate of drug-likeness (QED) is 0.207. The predicted molar refractivity (Wildman–Crippen MR) is 125 cm³/mol. The van der Waals surface area contributed by atoms with Crippen LogP contribution in [-0.2, 0) is 0 Å². The normalized spacial score (nSPS) is 9.38. The van der Waals surface area contributed by atoms with E-state index in [2.05, 4.69) is 35.9 Å². The van der Waals surface area contributed by atoms with Crippen molar-refractivity contribution in [2.45, 2.75) is 14.4 Å². The number of carbonyl (C=O) groups excluding carboxylic acids is 1. The minimum atomic E-state index is -0.500. The summed E-state index contributed by atoms with van der Waals surface area (Å²) >= 11 is 7.74. The summed E-state index contributed by atoms with van der Waals surface area (Å²) in [7, 11) is 1.58. The number of methoxy groups -OCH3 is 1. The third-order valence-electron chi connectivity index (χ3n) is 2.96. The summed E-state index contributed by atoms with van der Waals surface area (Å²) in [6.45, 7) is 1.92. The maximum atomic E-state index is 12.0. The number of carbonyl (C=O) groups is 1. The Bertz CT molecular complexity index is 817. The molecule has 158 valence electrons. The van der Waals surface area contributed by atoms with Crippen LogP contribution in [0.2, 0.25) is 0 Å². The lowest BCUT2D eigenvalue weighted by molar-refractivity contribution is 0.104. The second-order valence-electron chi connectivity index (χ2n) is 5.17. The summed E-state index contributed by atoms with van der Waals surface area (Å²) in [4.78, 5) is 12.0. The second-order valence-corrected chi connectivity index (χ2v) is 6.00. The Morgan fingerprint density at radius 3 is 1.86 bits per heavy atom. The zero-order valence-corrected chi connectivity index (χ0v) is 17.0. The van der Waals surface area contributed by atoms with Crippen LogP contribution in [0.25, 0.3) is 5.76 Å². The zero-order chi connectivity index (χ0) is 21.7. The molecule has 2 aromatic rings. The van der Waals surface area contributed by atoms with Gasteiger partial charge in [-0.05, 0) is 61.7 Å². The number of hydrogen-bond donors (Lipinski definition) is 5. The summed E-state index contributed by atoms with van der Waals surface area (Å²) in [5.74, 6) is 0.424. The summed E-state index contributed by atoms with van der Waals surface area (Å²) in [6, 6.07) is 14.1. The molecule has 7 nitrogen and oxygen atoms in total. The Morgan fingerprint density at radius 2 is 1.45 bits per heavy atom. The van der Waals surface area contributed by atoms with Gasteiger partial charge >= 0.3 is 0 Å². The van der Waals surface area contributed by atoms with Crippen molar-refractivity contribution < 1.29 is 24.9 Å². The zero-order valence-electron chi connectivity index (χ0n) is 15.3. The molecule has 0 aliphatic heterocycles. The van der Waals surface area contributed by atoms with Gasteiger partial charge in [0, 0.05) is 17.2 Å². The van der Waals surface area contributed by atoms with E-state index in [1.54, 1.807) is 43.5 Å². The molecule has 0 spiro atoms. The van der Waals surface area contributed by atoms with Crippen LogP contribution in [0.1, 0.15) is 28.9 Å². The van der Waals surface area contributed by atoms with Crippen molar-refractivity contribution in [1.82, 2.24) is 0 Å². The van der Waals surface area contributed by atoms with Crippen LogP contribution in [0.15, 0.2) is 54.6 Å². The van der Waals surface area contributed by atoms with Crippen molar-refractivity contribution >= 4 is 46.3 Å². The molecule has 9 heteroatoms. The van der Waals surface area contributed by atoms with E-state index in [-0.39, 0.29) is 19.0 Å². The maximum absolute atomic E-state index is 12.0. The van der Waals surface area contributed by atoms with E-state index in [0.717, 1.165) is 5.56 Å². The molecule has 0 aliphatic carbocycles. The number of rotatable bonds is 4. The van der Waals surface area contributed by atoms with E-state index in [0.29, 0.717) is 16.9 Å². The Kier molecular flexibility index (Phi) is 14.3. The van der Waals surface area contributed by atoms with Gasteiger partial charge in [-0.25, -0.2) is 0 Å². The first kappa shape index (κ1) is 28.0. The molecule has 29 heavy (non-hydrogen) atoms. The van der Waals surface area contributed by atoms with Crippen LogP contribution in [-0.4, -0.2) is 38.6 Å². The number of ether oxygens (including phenoxy) is 1. The highest BCUT2D eigenvalue weighted by atomic mass is 32.1. The average Bonchev–Trinajstić information content (AvgIpc) is 2.60. The molecule has 0 amide bonds. The predicted octanol–water partition coefficient (Wildman–Crippen LogP) is 4.00. The number of thiocarbonyl (C=S) groups is 2. The number of aliphatic hydroxyl groups is 3. The number of aryl methyl sites for hydroxylation is 1. The van der Waals surface area contributed by atoms with Crippen molar-refractivity contribution in [3.63, 3.8) is 0 Å². The third-order valence-corrected chi connectivity index (χ3v) is 2.96. The van der Waals surface area contributed by atoms with Crippen LogP contribution in [0.4, 0.5) is 0 Å². The topological polar surface area (TPSA) is 139 Å². The SMILES string of the molecule is C.COc1ccc(C(O)=CC(=O)c2cccc(C)c2)cc1.NC(O)=S.NC(O)=S.